The summed E-state index contributed by atoms with van der Waals surface area (Å²) in [4.78, 5) is 21.9. The Morgan fingerprint density at radius 2 is 2.05 bits per heavy atom. The number of carbonyl (C=O) groups is 1. The summed E-state index contributed by atoms with van der Waals surface area (Å²) in [5.74, 6) is -1.79. The first kappa shape index (κ1) is 13.6. The summed E-state index contributed by atoms with van der Waals surface area (Å²) >= 11 is 0. The average Bonchev–Trinajstić information content (AvgIpc) is 2.94. The molecule has 2 aliphatic rings. The van der Waals surface area contributed by atoms with Gasteiger partial charge >= 0.3 is 5.97 Å². The number of oxime groups is 2. The van der Waals surface area contributed by atoms with Crippen LogP contribution in [0, 0.1) is 5.92 Å². The molecule has 1 N–H and O–H groups in total. The summed E-state index contributed by atoms with van der Waals surface area (Å²) in [6.45, 7) is 2.17. The maximum Gasteiger partial charge on any atom is 0.354 e. The van der Waals surface area contributed by atoms with E-state index in [-0.39, 0.29) is 5.71 Å². The van der Waals surface area contributed by atoms with Gasteiger partial charge in [-0.2, -0.15) is 0 Å². The Hall–Kier alpha value is -2.41. The molecule has 0 fully saturated rings. The van der Waals surface area contributed by atoms with Gasteiger partial charge in [-0.3, -0.25) is 0 Å². The van der Waals surface area contributed by atoms with Crippen molar-refractivity contribution in [2.75, 3.05) is 6.61 Å². The van der Waals surface area contributed by atoms with Crippen molar-refractivity contribution >= 4 is 17.4 Å². The van der Waals surface area contributed by atoms with Crippen molar-refractivity contribution in [1.82, 2.24) is 0 Å². The molecule has 3 atom stereocenters. The highest BCUT2D eigenvalue weighted by atomic mass is 16.8. The van der Waals surface area contributed by atoms with Crippen LogP contribution in [-0.4, -0.2) is 41.5 Å². The zero-order chi connectivity index (χ0) is 14.8. The molecule has 110 valence electrons. The van der Waals surface area contributed by atoms with E-state index in [0.29, 0.717) is 12.3 Å². The molecule has 3 rings (SSSR count). The Balaban J connectivity index is 1.95. The van der Waals surface area contributed by atoms with E-state index in [0.717, 1.165) is 5.56 Å². The van der Waals surface area contributed by atoms with Gasteiger partial charge in [-0.05, 0) is 6.92 Å². The fourth-order valence-corrected chi connectivity index (χ4v) is 2.41. The van der Waals surface area contributed by atoms with Crippen LogP contribution < -0.4 is 0 Å². The highest BCUT2D eigenvalue weighted by Gasteiger charge is 2.50. The molecule has 0 aliphatic carbocycles. The van der Waals surface area contributed by atoms with Crippen molar-refractivity contribution in [1.29, 1.82) is 0 Å². The Labute approximate surface area is 120 Å². The zero-order valence-electron chi connectivity index (χ0n) is 11.3. The van der Waals surface area contributed by atoms with Crippen LogP contribution in [0.3, 0.4) is 0 Å². The lowest BCUT2D eigenvalue weighted by atomic mass is 9.89. The molecule has 1 aromatic rings. The third-order valence-electron chi connectivity index (χ3n) is 3.34. The first-order chi connectivity index (χ1) is 10.2. The van der Waals surface area contributed by atoms with Crippen LogP contribution in [0.15, 0.2) is 40.6 Å². The van der Waals surface area contributed by atoms with Crippen LogP contribution in [0.25, 0.3) is 0 Å². The largest absolute Gasteiger partial charge is 0.477 e. The number of benzene rings is 1. The van der Waals surface area contributed by atoms with E-state index in [1.807, 2.05) is 30.3 Å². The molecule has 0 saturated heterocycles. The Bertz CT molecular complexity index is 599. The maximum atomic E-state index is 11.3. The van der Waals surface area contributed by atoms with E-state index >= 15 is 0 Å². The Kier molecular flexibility index (Phi) is 3.57. The van der Waals surface area contributed by atoms with E-state index in [4.69, 9.17) is 14.4 Å². The number of carboxylic acid groups (broad SMARTS) is 1. The first-order valence-corrected chi connectivity index (χ1v) is 6.60. The molecule has 0 unspecified atom stereocenters. The van der Waals surface area contributed by atoms with Crippen LogP contribution in [0.2, 0.25) is 0 Å². The Morgan fingerprint density at radius 1 is 1.29 bits per heavy atom. The molecule has 0 radical (unpaired) electrons. The molecule has 0 saturated carbocycles. The monoisotopic (exact) mass is 290 g/mol. The summed E-state index contributed by atoms with van der Waals surface area (Å²) in [5.41, 5.74) is 1.20. The summed E-state index contributed by atoms with van der Waals surface area (Å²) in [6.07, 6.45) is -1.44. The van der Waals surface area contributed by atoms with Gasteiger partial charge in [-0.15, -0.1) is 0 Å². The molecular weight excluding hydrogens is 276 g/mol. The lowest BCUT2D eigenvalue weighted by Gasteiger charge is -2.29. The van der Waals surface area contributed by atoms with Crippen molar-refractivity contribution in [2.45, 2.75) is 19.3 Å². The van der Waals surface area contributed by atoms with E-state index in [1.165, 1.54) is 0 Å². The van der Waals surface area contributed by atoms with Crippen molar-refractivity contribution < 1.29 is 24.3 Å². The molecule has 7 heteroatoms. The molecule has 0 amide bonds. The minimum atomic E-state index is -1.15. The van der Waals surface area contributed by atoms with Crippen LogP contribution in [0.5, 0.6) is 0 Å². The van der Waals surface area contributed by atoms with E-state index in [1.54, 1.807) is 6.92 Å². The van der Waals surface area contributed by atoms with Crippen LogP contribution >= 0.6 is 0 Å². The summed E-state index contributed by atoms with van der Waals surface area (Å²) in [6, 6.07) is 9.29. The van der Waals surface area contributed by atoms with Crippen molar-refractivity contribution in [3.63, 3.8) is 0 Å². The predicted molar refractivity (Wildman–Crippen MR) is 72.9 cm³/mol. The number of fused-ring (bicyclic) bond motifs is 1. The van der Waals surface area contributed by atoms with Gasteiger partial charge in [0, 0.05) is 12.2 Å². The van der Waals surface area contributed by atoms with Gasteiger partial charge in [0.1, 0.15) is 11.6 Å². The molecule has 0 bridgehead atoms. The van der Waals surface area contributed by atoms with Gasteiger partial charge in [0.15, 0.2) is 11.8 Å². The fourth-order valence-electron chi connectivity index (χ4n) is 2.41. The number of rotatable bonds is 4. The average molecular weight is 290 g/mol. The normalized spacial score (nSPS) is 27.0. The minimum Gasteiger partial charge on any atom is -0.477 e. The van der Waals surface area contributed by atoms with Crippen LogP contribution in [0.1, 0.15) is 12.5 Å². The summed E-state index contributed by atoms with van der Waals surface area (Å²) in [7, 11) is 0. The lowest BCUT2D eigenvalue weighted by molar-refractivity contribution is -0.176. The number of hydrogen-bond acceptors (Lipinski definition) is 6. The van der Waals surface area contributed by atoms with Gasteiger partial charge < -0.3 is 19.5 Å². The molecule has 1 aromatic carbocycles. The fraction of sp³-hybridized carbons (Fsp3) is 0.357. The van der Waals surface area contributed by atoms with Gasteiger partial charge in [-0.25, -0.2) is 4.79 Å². The number of aliphatic carboxylic acids is 1. The first-order valence-electron chi connectivity index (χ1n) is 6.60. The van der Waals surface area contributed by atoms with Crippen molar-refractivity contribution in [3.05, 3.63) is 35.9 Å². The second-order valence-corrected chi connectivity index (χ2v) is 4.61. The standard InChI is InChI=1S/C14H14N2O5/c1-2-19-14-9-11(13(17)18)16-20-12(9)10(15-21-14)8-6-4-3-5-7-8/h3-7,9,12,14H,2H2,1H3,(H,17,18)/t9-,12+,14-/m1/s1. The topological polar surface area (TPSA) is 89.7 Å². The van der Waals surface area contributed by atoms with Crippen LogP contribution in [-0.2, 0) is 19.2 Å². The summed E-state index contributed by atoms with van der Waals surface area (Å²) in [5, 5.41) is 16.9. The molecule has 21 heavy (non-hydrogen) atoms. The van der Waals surface area contributed by atoms with Gasteiger partial charge in [0.25, 0.3) is 0 Å². The quantitative estimate of drug-likeness (QED) is 0.901. The number of ether oxygens (including phenoxy) is 1. The Morgan fingerprint density at radius 3 is 2.71 bits per heavy atom. The van der Waals surface area contributed by atoms with Gasteiger partial charge in [0.05, 0.1) is 0 Å². The smallest absolute Gasteiger partial charge is 0.354 e. The van der Waals surface area contributed by atoms with Gasteiger partial charge in [0.2, 0.25) is 6.29 Å². The predicted octanol–water partition coefficient (Wildman–Crippen LogP) is 1.24. The van der Waals surface area contributed by atoms with E-state index < -0.39 is 24.3 Å². The molecule has 2 heterocycles. The molecule has 0 spiro atoms. The number of carboxylic acids is 1. The van der Waals surface area contributed by atoms with Crippen molar-refractivity contribution in [3.8, 4) is 0 Å². The second-order valence-electron chi connectivity index (χ2n) is 4.61. The van der Waals surface area contributed by atoms with Gasteiger partial charge in [-0.1, -0.05) is 40.6 Å². The third kappa shape index (κ3) is 2.36. The zero-order valence-corrected chi connectivity index (χ0v) is 11.3. The van der Waals surface area contributed by atoms with Crippen LogP contribution in [0.4, 0.5) is 0 Å². The molecule has 2 aliphatic heterocycles. The maximum absolute atomic E-state index is 11.3. The number of nitrogens with zero attached hydrogens (tertiary/aromatic N) is 2. The second kappa shape index (κ2) is 5.53. The summed E-state index contributed by atoms with van der Waals surface area (Å²) < 4.78 is 5.41. The molecule has 0 aromatic heterocycles. The minimum absolute atomic E-state index is 0.109. The van der Waals surface area contributed by atoms with E-state index in [2.05, 4.69) is 10.3 Å². The van der Waals surface area contributed by atoms with E-state index in [9.17, 15) is 9.90 Å². The highest BCUT2D eigenvalue weighted by molar-refractivity contribution is 6.37. The highest BCUT2D eigenvalue weighted by Crippen LogP contribution is 2.32. The van der Waals surface area contributed by atoms with Crippen molar-refractivity contribution in [2.24, 2.45) is 16.2 Å². The molecule has 7 nitrogen and oxygen atoms in total. The number of hydrogen-bond donors (Lipinski definition) is 1. The third-order valence-corrected chi connectivity index (χ3v) is 3.34. The SMILES string of the molecule is CCO[C@@H]1ON=C(c2ccccc2)[C@H]2ON=C(C(=O)O)[C@@H]12. The molecular formula is C14H14N2O5. The lowest BCUT2D eigenvalue weighted by Crippen LogP contribution is -2.47.